The zero-order valence-corrected chi connectivity index (χ0v) is 9.48. The Morgan fingerprint density at radius 1 is 0.846 bits per heavy atom. The normalized spacial score (nSPS) is 13.6. The molecule has 13 heavy (non-hydrogen) atoms. The molecule has 0 amide bonds. The highest BCUT2D eigenvalue weighted by atomic mass is 19.1. The number of hydrogen-bond acceptors (Lipinski definition) is 0. The first-order chi connectivity index (χ1) is 6.28. The van der Waals surface area contributed by atoms with Crippen molar-refractivity contribution in [1.82, 2.24) is 0 Å². The Balaban J connectivity index is 3.41. The lowest BCUT2D eigenvalue weighted by molar-refractivity contribution is 0.314. The highest BCUT2D eigenvalue weighted by Gasteiger charge is 2.07. The first-order valence-electron chi connectivity index (χ1n) is 5.84. The summed E-state index contributed by atoms with van der Waals surface area (Å²) in [6, 6.07) is 0. The smallest absolute Gasteiger partial charge is 0.0922 e. The van der Waals surface area contributed by atoms with Crippen LogP contribution in [0.5, 0.6) is 0 Å². The van der Waals surface area contributed by atoms with Crippen LogP contribution in [-0.4, -0.2) is 6.67 Å². The van der Waals surface area contributed by atoms with Crippen molar-refractivity contribution in [2.24, 2.45) is 11.8 Å². The third-order valence-electron chi connectivity index (χ3n) is 3.18. The van der Waals surface area contributed by atoms with Crippen LogP contribution in [0.3, 0.4) is 0 Å². The Bertz CT molecular complexity index is 81.3. The SMILES string of the molecule is CCC(CC)CCCC(CC)CF. The second-order valence-electron chi connectivity index (χ2n) is 4.04. The molecular weight excluding hydrogens is 163 g/mol. The van der Waals surface area contributed by atoms with E-state index in [1.807, 2.05) is 0 Å². The molecular formula is C12H25F. The Morgan fingerprint density at radius 2 is 1.31 bits per heavy atom. The summed E-state index contributed by atoms with van der Waals surface area (Å²) in [6.07, 6.45) is 7.16. The van der Waals surface area contributed by atoms with Gasteiger partial charge in [0.2, 0.25) is 0 Å². The van der Waals surface area contributed by atoms with Crippen molar-refractivity contribution in [3.05, 3.63) is 0 Å². The Hall–Kier alpha value is -0.0700. The molecule has 0 aliphatic rings. The van der Waals surface area contributed by atoms with Crippen LogP contribution < -0.4 is 0 Å². The second-order valence-corrected chi connectivity index (χ2v) is 4.04. The molecule has 0 heterocycles. The molecule has 0 aromatic carbocycles. The summed E-state index contributed by atoms with van der Waals surface area (Å²) in [5.74, 6) is 1.20. The van der Waals surface area contributed by atoms with Gasteiger partial charge in [0.15, 0.2) is 0 Å². The quantitative estimate of drug-likeness (QED) is 0.522. The van der Waals surface area contributed by atoms with E-state index < -0.39 is 0 Å². The summed E-state index contributed by atoms with van der Waals surface area (Å²) in [5, 5.41) is 0. The van der Waals surface area contributed by atoms with Crippen LogP contribution in [0.4, 0.5) is 4.39 Å². The summed E-state index contributed by atoms with van der Waals surface area (Å²) >= 11 is 0. The topological polar surface area (TPSA) is 0 Å². The van der Waals surface area contributed by atoms with Crippen molar-refractivity contribution in [2.75, 3.05) is 6.67 Å². The van der Waals surface area contributed by atoms with Gasteiger partial charge in [0.05, 0.1) is 6.67 Å². The van der Waals surface area contributed by atoms with E-state index in [1.54, 1.807) is 0 Å². The van der Waals surface area contributed by atoms with Crippen molar-refractivity contribution >= 4 is 0 Å². The fourth-order valence-corrected chi connectivity index (χ4v) is 1.78. The van der Waals surface area contributed by atoms with Gasteiger partial charge >= 0.3 is 0 Å². The summed E-state index contributed by atoms with van der Waals surface area (Å²) in [5.41, 5.74) is 0. The van der Waals surface area contributed by atoms with Crippen LogP contribution in [-0.2, 0) is 0 Å². The van der Waals surface area contributed by atoms with Crippen LogP contribution in [0, 0.1) is 11.8 Å². The van der Waals surface area contributed by atoms with E-state index in [1.165, 1.54) is 25.7 Å². The highest BCUT2D eigenvalue weighted by molar-refractivity contribution is 4.59. The lowest BCUT2D eigenvalue weighted by Gasteiger charge is -2.14. The van der Waals surface area contributed by atoms with E-state index in [-0.39, 0.29) is 6.67 Å². The van der Waals surface area contributed by atoms with Crippen molar-refractivity contribution in [3.63, 3.8) is 0 Å². The second kappa shape index (κ2) is 8.52. The number of halogens is 1. The van der Waals surface area contributed by atoms with Gasteiger partial charge in [-0.05, 0) is 18.3 Å². The molecule has 1 atom stereocenters. The summed E-state index contributed by atoms with van der Waals surface area (Å²) in [7, 11) is 0. The molecule has 80 valence electrons. The minimum absolute atomic E-state index is 0.126. The Labute approximate surface area is 82.9 Å². The molecule has 0 bridgehead atoms. The standard InChI is InChI=1S/C12H25F/c1-4-11(5-2)8-7-9-12(6-3)10-13/h11-12H,4-10H2,1-3H3. The number of rotatable bonds is 8. The molecule has 0 fully saturated rings. The van der Waals surface area contributed by atoms with Gasteiger partial charge in [-0.3, -0.25) is 4.39 Å². The van der Waals surface area contributed by atoms with E-state index in [0.29, 0.717) is 5.92 Å². The van der Waals surface area contributed by atoms with Crippen molar-refractivity contribution < 1.29 is 4.39 Å². The maximum Gasteiger partial charge on any atom is 0.0922 e. The molecule has 0 radical (unpaired) electrons. The predicted molar refractivity (Wildman–Crippen MR) is 57.7 cm³/mol. The maximum atomic E-state index is 12.3. The monoisotopic (exact) mass is 188 g/mol. The summed E-state index contributed by atoms with van der Waals surface area (Å²) in [4.78, 5) is 0. The van der Waals surface area contributed by atoms with E-state index in [0.717, 1.165) is 18.8 Å². The fraction of sp³-hybridized carbons (Fsp3) is 1.00. The zero-order chi connectivity index (χ0) is 10.1. The Kier molecular flexibility index (Phi) is 8.48. The van der Waals surface area contributed by atoms with Crippen LogP contribution in [0.15, 0.2) is 0 Å². The van der Waals surface area contributed by atoms with Crippen molar-refractivity contribution in [1.29, 1.82) is 0 Å². The maximum absolute atomic E-state index is 12.3. The zero-order valence-electron chi connectivity index (χ0n) is 9.48. The molecule has 1 unspecified atom stereocenters. The minimum Gasteiger partial charge on any atom is -0.251 e. The third-order valence-corrected chi connectivity index (χ3v) is 3.18. The fourth-order valence-electron chi connectivity index (χ4n) is 1.78. The van der Waals surface area contributed by atoms with Gasteiger partial charge in [-0.25, -0.2) is 0 Å². The van der Waals surface area contributed by atoms with Gasteiger partial charge in [-0.15, -0.1) is 0 Å². The molecule has 0 saturated heterocycles. The van der Waals surface area contributed by atoms with Gasteiger partial charge < -0.3 is 0 Å². The summed E-state index contributed by atoms with van der Waals surface area (Å²) in [6.45, 7) is 6.46. The van der Waals surface area contributed by atoms with E-state index in [9.17, 15) is 4.39 Å². The van der Waals surface area contributed by atoms with E-state index >= 15 is 0 Å². The molecule has 0 rings (SSSR count). The van der Waals surface area contributed by atoms with E-state index in [4.69, 9.17) is 0 Å². The molecule has 0 nitrogen and oxygen atoms in total. The average molecular weight is 188 g/mol. The molecule has 0 saturated carbocycles. The lowest BCUT2D eigenvalue weighted by Crippen LogP contribution is -2.03. The first-order valence-corrected chi connectivity index (χ1v) is 5.84. The van der Waals surface area contributed by atoms with Crippen LogP contribution in [0.25, 0.3) is 0 Å². The molecule has 0 spiro atoms. The largest absolute Gasteiger partial charge is 0.251 e. The molecule has 0 aromatic rings. The van der Waals surface area contributed by atoms with Gasteiger partial charge in [0.1, 0.15) is 0 Å². The van der Waals surface area contributed by atoms with Gasteiger partial charge in [-0.2, -0.15) is 0 Å². The van der Waals surface area contributed by atoms with Crippen molar-refractivity contribution in [3.8, 4) is 0 Å². The molecule has 0 aliphatic heterocycles. The third kappa shape index (κ3) is 6.06. The summed E-state index contributed by atoms with van der Waals surface area (Å²) < 4.78 is 12.3. The number of alkyl halides is 1. The van der Waals surface area contributed by atoms with Gasteiger partial charge in [0.25, 0.3) is 0 Å². The molecule has 0 aliphatic carbocycles. The molecule has 1 heteroatoms. The van der Waals surface area contributed by atoms with Crippen LogP contribution >= 0.6 is 0 Å². The first kappa shape index (κ1) is 12.9. The molecule has 0 N–H and O–H groups in total. The van der Waals surface area contributed by atoms with Crippen LogP contribution in [0.1, 0.15) is 59.3 Å². The average Bonchev–Trinajstić information content (AvgIpc) is 2.19. The van der Waals surface area contributed by atoms with Crippen molar-refractivity contribution in [2.45, 2.75) is 59.3 Å². The minimum atomic E-state index is -0.126. The van der Waals surface area contributed by atoms with E-state index in [2.05, 4.69) is 20.8 Å². The number of hydrogen-bond donors (Lipinski definition) is 0. The lowest BCUT2D eigenvalue weighted by atomic mass is 9.93. The van der Waals surface area contributed by atoms with Gasteiger partial charge in [-0.1, -0.05) is 52.9 Å². The predicted octanol–water partition coefficient (Wildman–Crippen LogP) is 4.59. The van der Waals surface area contributed by atoms with Crippen LogP contribution in [0.2, 0.25) is 0 Å². The molecule has 0 aromatic heterocycles. The highest BCUT2D eigenvalue weighted by Crippen LogP contribution is 2.19. The van der Waals surface area contributed by atoms with Gasteiger partial charge in [0, 0.05) is 0 Å². The Morgan fingerprint density at radius 3 is 1.69 bits per heavy atom.